The molecule has 1 N–H and O–H groups in total. The van der Waals surface area contributed by atoms with E-state index < -0.39 is 6.10 Å². The van der Waals surface area contributed by atoms with Crippen molar-refractivity contribution >= 4 is 11.0 Å². The van der Waals surface area contributed by atoms with Crippen LogP contribution in [0.4, 0.5) is 4.39 Å². The van der Waals surface area contributed by atoms with Crippen LogP contribution in [-0.2, 0) is 4.74 Å². The fourth-order valence-corrected chi connectivity index (χ4v) is 1.89. The predicted octanol–water partition coefficient (Wildman–Crippen LogP) is 3.34. The first-order chi connectivity index (χ1) is 8.49. The van der Waals surface area contributed by atoms with E-state index in [-0.39, 0.29) is 18.5 Å². The average molecular weight is 252 g/mol. The Hall–Kier alpha value is -1.39. The molecule has 0 aliphatic carbocycles. The minimum Gasteiger partial charge on any atom is -0.458 e. The normalized spacial score (nSPS) is 13.4. The van der Waals surface area contributed by atoms with Gasteiger partial charge in [-0.3, -0.25) is 0 Å². The summed E-state index contributed by atoms with van der Waals surface area (Å²) in [6.45, 7) is 5.77. The maximum Gasteiger partial charge on any atom is 0.139 e. The molecule has 0 aliphatic rings. The van der Waals surface area contributed by atoms with Gasteiger partial charge < -0.3 is 14.3 Å². The van der Waals surface area contributed by atoms with Crippen molar-refractivity contribution in [2.45, 2.75) is 33.0 Å². The molecular weight excluding hydrogens is 235 g/mol. The monoisotopic (exact) mass is 252 g/mol. The van der Waals surface area contributed by atoms with E-state index in [2.05, 4.69) is 0 Å². The summed E-state index contributed by atoms with van der Waals surface area (Å²) in [5.41, 5.74) is 1.33. The van der Waals surface area contributed by atoms with E-state index >= 15 is 0 Å². The maximum atomic E-state index is 13.2. The molecule has 0 bridgehead atoms. The molecule has 0 saturated heterocycles. The first kappa shape index (κ1) is 13.1. The molecule has 0 amide bonds. The number of hydrogen-bond donors (Lipinski definition) is 1. The lowest BCUT2D eigenvalue weighted by Gasteiger charge is -2.12. The fraction of sp³-hybridized carbons (Fsp3) is 0.429. The lowest BCUT2D eigenvalue weighted by atomic mass is 10.1. The minimum absolute atomic E-state index is 0.0433. The predicted molar refractivity (Wildman–Crippen MR) is 67.0 cm³/mol. The molecule has 1 unspecified atom stereocenters. The van der Waals surface area contributed by atoms with Gasteiger partial charge >= 0.3 is 0 Å². The van der Waals surface area contributed by atoms with Crippen LogP contribution >= 0.6 is 0 Å². The van der Waals surface area contributed by atoms with Crippen LogP contribution in [0, 0.1) is 12.7 Å². The SMILES string of the molecule is Cc1c(C(O)COC(C)C)oc2ccc(F)cc12. The summed E-state index contributed by atoms with van der Waals surface area (Å²) in [6.07, 6.45) is -0.787. The number of aliphatic hydroxyl groups is 1. The Bertz CT molecular complexity index is 545. The molecule has 2 rings (SSSR count). The van der Waals surface area contributed by atoms with E-state index in [0.717, 1.165) is 5.56 Å². The molecule has 0 radical (unpaired) electrons. The Morgan fingerprint density at radius 1 is 1.39 bits per heavy atom. The summed E-state index contributed by atoms with van der Waals surface area (Å²) in [5, 5.41) is 10.7. The Labute approximate surface area is 105 Å². The van der Waals surface area contributed by atoms with Gasteiger partial charge in [-0.25, -0.2) is 4.39 Å². The van der Waals surface area contributed by atoms with Crippen molar-refractivity contribution in [2.75, 3.05) is 6.61 Å². The van der Waals surface area contributed by atoms with Gasteiger partial charge in [0.15, 0.2) is 0 Å². The zero-order valence-corrected chi connectivity index (χ0v) is 10.7. The first-order valence-corrected chi connectivity index (χ1v) is 5.97. The molecule has 0 fully saturated rings. The highest BCUT2D eigenvalue weighted by atomic mass is 19.1. The fourth-order valence-electron chi connectivity index (χ4n) is 1.89. The van der Waals surface area contributed by atoms with Gasteiger partial charge in [0.1, 0.15) is 23.3 Å². The Balaban J connectivity index is 2.30. The number of aliphatic hydroxyl groups excluding tert-OH is 1. The highest BCUT2D eigenvalue weighted by Crippen LogP contribution is 2.30. The Morgan fingerprint density at radius 2 is 2.11 bits per heavy atom. The molecule has 1 aromatic heterocycles. The van der Waals surface area contributed by atoms with Crippen LogP contribution in [0.5, 0.6) is 0 Å². The van der Waals surface area contributed by atoms with Gasteiger partial charge in [0, 0.05) is 10.9 Å². The molecule has 0 spiro atoms. The van der Waals surface area contributed by atoms with E-state index in [9.17, 15) is 9.50 Å². The van der Waals surface area contributed by atoms with Crippen LogP contribution in [0.25, 0.3) is 11.0 Å². The van der Waals surface area contributed by atoms with Crippen LogP contribution < -0.4 is 0 Å². The third-order valence-electron chi connectivity index (χ3n) is 2.83. The van der Waals surface area contributed by atoms with Gasteiger partial charge in [0.25, 0.3) is 0 Å². The van der Waals surface area contributed by atoms with E-state index in [1.165, 1.54) is 12.1 Å². The highest BCUT2D eigenvalue weighted by Gasteiger charge is 2.19. The largest absolute Gasteiger partial charge is 0.458 e. The zero-order valence-electron chi connectivity index (χ0n) is 10.7. The maximum absolute atomic E-state index is 13.2. The number of aryl methyl sites for hydroxylation is 1. The van der Waals surface area contributed by atoms with E-state index in [4.69, 9.17) is 9.15 Å². The van der Waals surface area contributed by atoms with Crippen molar-refractivity contribution in [1.82, 2.24) is 0 Å². The summed E-state index contributed by atoms with van der Waals surface area (Å²) < 4.78 is 24.1. The standard InChI is InChI=1S/C14H17FO3/c1-8(2)17-7-12(16)14-9(3)11-6-10(15)4-5-13(11)18-14/h4-6,8,12,16H,7H2,1-3H3. The number of ether oxygens (including phenoxy) is 1. The van der Waals surface area contributed by atoms with Gasteiger partial charge in [0.05, 0.1) is 12.7 Å². The number of halogens is 1. The number of furan rings is 1. The summed E-state index contributed by atoms with van der Waals surface area (Å²) in [7, 11) is 0. The zero-order chi connectivity index (χ0) is 13.3. The number of rotatable bonds is 4. The highest BCUT2D eigenvalue weighted by molar-refractivity contribution is 5.82. The molecule has 2 aromatic rings. The van der Waals surface area contributed by atoms with Gasteiger partial charge in [-0.2, -0.15) is 0 Å². The second kappa shape index (κ2) is 5.08. The molecule has 1 atom stereocenters. The lowest BCUT2D eigenvalue weighted by Crippen LogP contribution is -2.11. The van der Waals surface area contributed by atoms with Crippen LogP contribution in [0.3, 0.4) is 0 Å². The van der Waals surface area contributed by atoms with E-state index in [1.54, 1.807) is 13.0 Å². The van der Waals surface area contributed by atoms with Crippen molar-refractivity contribution < 1.29 is 18.7 Å². The molecular formula is C14H17FO3. The second-order valence-corrected chi connectivity index (χ2v) is 4.63. The van der Waals surface area contributed by atoms with Gasteiger partial charge in [-0.15, -0.1) is 0 Å². The topological polar surface area (TPSA) is 42.6 Å². The minimum atomic E-state index is -0.831. The smallest absolute Gasteiger partial charge is 0.139 e. The van der Waals surface area contributed by atoms with E-state index in [0.29, 0.717) is 16.7 Å². The molecule has 0 aliphatic heterocycles. The molecule has 0 saturated carbocycles. The lowest BCUT2D eigenvalue weighted by molar-refractivity contribution is -0.00318. The summed E-state index contributed by atoms with van der Waals surface area (Å²) in [6, 6.07) is 4.32. The van der Waals surface area contributed by atoms with Crippen molar-refractivity contribution in [3.8, 4) is 0 Å². The molecule has 1 heterocycles. The molecule has 18 heavy (non-hydrogen) atoms. The summed E-state index contributed by atoms with van der Waals surface area (Å²) >= 11 is 0. The first-order valence-electron chi connectivity index (χ1n) is 5.97. The quantitative estimate of drug-likeness (QED) is 0.907. The number of hydrogen-bond acceptors (Lipinski definition) is 3. The Kier molecular flexibility index (Phi) is 3.68. The van der Waals surface area contributed by atoms with Crippen LogP contribution in [0.1, 0.15) is 31.3 Å². The summed E-state index contributed by atoms with van der Waals surface area (Å²) in [5.74, 6) is 0.127. The average Bonchev–Trinajstić information content (AvgIpc) is 2.64. The van der Waals surface area contributed by atoms with Crippen LogP contribution in [0.2, 0.25) is 0 Å². The molecule has 4 heteroatoms. The van der Waals surface area contributed by atoms with Crippen LogP contribution in [-0.4, -0.2) is 17.8 Å². The van der Waals surface area contributed by atoms with Gasteiger partial charge in [0.2, 0.25) is 0 Å². The third-order valence-corrected chi connectivity index (χ3v) is 2.83. The van der Waals surface area contributed by atoms with Crippen molar-refractivity contribution in [3.63, 3.8) is 0 Å². The third kappa shape index (κ3) is 2.54. The van der Waals surface area contributed by atoms with Gasteiger partial charge in [-0.1, -0.05) is 0 Å². The van der Waals surface area contributed by atoms with E-state index in [1.807, 2.05) is 13.8 Å². The van der Waals surface area contributed by atoms with Crippen molar-refractivity contribution in [2.24, 2.45) is 0 Å². The van der Waals surface area contributed by atoms with Gasteiger partial charge in [-0.05, 0) is 39.0 Å². The van der Waals surface area contributed by atoms with Crippen LogP contribution in [0.15, 0.2) is 22.6 Å². The molecule has 1 aromatic carbocycles. The second-order valence-electron chi connectivity index (χ2n) is 4.63. The number of benzene rings is 1. The van der Waals surface area contributed by atoms with Crippen molar-refractivity contribution in [1.29, 1.82) is 0 Å². The Morgan fingerprint density at radius 3 is 2.78 bits per heavy atom. The molecule has 3 nitrogen and oxygen atoms in total. The van der Waals surface area contributed by atoms with Crippen molar-refractivity contribution in [3.05, 3.63) is 35.3 Å². The molecule has 98 valence electrons. The number of fused-ring (bicyclic) bond motifs is 1. The summed E-state index contributed by atoms with van der Waals surface area (Å²) in [4.78, 5) is 0.